The summed E-state index contributed by atoms with van der Waals surface area (Å²) in [5.74, 6) is 1.81. The van der Waals surface area contributed by atoms with E-state index in [2.05, 4.69) is 41.0 Å². The largest absolute Gasteiger partial charge is 0.357 e. The Morgan fingerprint density at radius 2 is 2.24 bits per heavy atom. The van der Waals surface area contributed by atoms with Crippen molar-refractivity contribution in [3.05, 3.63) is 11.8 Å². The van der Waals surface area contributed by atoms with Crippen LogP contribution in [0.4, 0.5) is 11.8 Å². The van der Waals surface area contributed by atoms with E-state index in [-0.39, 0.29) is 0 Å². The highest BCUT2D eigenvalue weighted by molar-refractivity contribution is 5.51. The molecule has 1 aliphatic rings. The van der Waals surface area contributed by atoms with Crippen molar-refractivity contribution in [2.75, 3.05) is 17.3 Å². The molecule has 4 nitrogen and oxygen atoms in total. The monoisotopic (exact) mass is 234 g/mol. The zero-order valence-electron chi connectivity index (χ0n) is 11.2. The molecule has 2 atom stereocenters. The molecular weight excluding hydrogens is 212 g/mol. The summed E-state index contributed by atoms with van der Waals surface area (Å²) in [7, 11) is 1.86. The summed E-state index contributed by atoms with van der Waals surface area (Å²) in [4.78, 5) is 11.4. The number of anilines is 2. The molecule has 1 saturated heterocycles. The summed E-state index contributed by atoms with van der Waals surface area (Å²) in [6, 6.07) is 1.21. The Labute approximate surface area is 103 Å². The number of nitrogens with zero attached hydrogens (tertiary/aromatic N) is 3. The van der Waals surface area contributed by atoms with Crippen molar-refractivity contribution in [3.63, 3.8) is 0 Å². The second-order valence-corrected chi connectivity index (χ2v) is 4.85. The first-order valence-corrected chi connectivity index (χ1v) is 6.47. The fraction of sp³-hybridized carbons (Fsp3) is 0.692. The van der Waals surface area contributed by atoms with Crippen LogP contribution in [0.3, 0.4) is 0 Å². The molecule has 2 rings (SSSR count). The van der Waals surface area contributed by atoms with Crippen molar-refractivity contribution >= 4 is 11.8 Å². The summed E-state index contributed by atoms with van der Waals surface area (Å²) in [5, 5.41) is 3.02. The molecule has 0 aromatic carbocycles. The minimum absolute atomic E-state index is 0.582. The number of aromatic nitrogens is 2. The molecule has 0 saturated carbocycles. The van der Waals surface area contributed by atoms with Crippen LogP contribution in [0.1, 0.15) is 38.7 Å². The van der Waals surface area contributed by atoms with Crippen molar-refractivity contribution in [3.8, 4) is 0 Å². The fourth-order valence-electron chi connectivity index (χ4n) is 2.67. The topological polar surface area (TPSA) is 41.1 Å². The maximum absolute atomic E-state index is 4.63. The normalized spacial score (nSPS) is 24.1. The Bertz CT molecular complexity index is 391. The van der Waals surface area contributed by atoms with E-state index in [0.29, 0.717) is 18.0 Å². The molecule has 2 unspecified atom stereocenters. The quantitative estimate of drug-likeness (QED) is 0.872. The van der Waals surface area contributed by atoms with Crippen molar-refractivity contribution in [1.29, 1.82) is 0 Å². The minimum atomic E-state index is 0.582. The zero-order chi connectivity index (χ0) is 12.4. The third-order valence-electron chi connectivity index (χ3n) is 3.67. The standard InChI is InChI=1S/C13H22N4/c1-5-11-7-6-10(3)17(11)12-9(2)8-15-13(14-4)16-12/h8,10-11H,5-7H2,1-4H3,(H,14,15,16). The molecule has 1 N–H and O–H groups in total. The van der Waals surface area contributed by atoms with Crippen molar-refractivity contribution in [1.82, 2.24) is 9.97 Å². The van der Waals surface area contributed by atoms with E-state index in [4.69, 9.17) is 0 Å². The molecule has 1 aliphatic heterocycles. The lowest BCUT2D eigenvalue weighted by molar-refractivity contribution is 0.619. The van der Waals surface area contributed by atoms with Gasteiger partial charge in [0, 0.05) is 30.9 Å². The second kappa shape index (κ2) is 4.90. The van der Waals surface area contributed by atoms with E-state index < -0.39 is 0 Å². The average molecular weight is 234 g/mol. The predicted molar refractivity (Wildman–Crippen MR) is 71.6 cm³/mol. The summed E-state index contributed by atoms with van der Waals surface area (Å²) >= 11 is 0. The van der Waals surface area contributed by atoms with Gasteiger partial charge in [-0.1, -0.05) is 6.92 Å². The van der Waals surface area contributed by atoms with Gasteiger partial charge in [0.25, 0.3) is 0 Å². The third-order valence-corrected chi connectivity index (χ3v) is 3.67. The van der Waals surface area contributed by atoms with Crippen molar-refractivity contribution in [2.24, 2.45) is 0 Å². The van der Waals surface area contributed by atoms with Crippen LogP contribution in [0, 0.1) is 6.92 Å². The van der Waals surface area contributed by atoms with Gasteiger partial charge in [-0.3, -0.25) is 0 Å². The molecule has 1 aromatic rings. The van der Waals surface area contributed by atoms with Gasteiger partial charge in [0.15, 0.2) is 0 Å². The molecule has 1 fully saturated rings. The zero-order valence-corrected chi connectivity index (χ0v) is 11.2. The highest BCUT2D eigenvalue weighted by atomic mass is 15.3. The Hall–Kier alpha value is -1.32. The van der Waals surface area contributed by atoms with Crippen LogP contribution >= 0.6 is 0 Å². The third kappa shape index (κ3) is 2.21. The van der Waals surface area contributed by atoms with Crippen LogP contribution in [-0.4, -0.2) is 29.1 Å². The van der Waals surface area contributed by atoms with Gasteiger partial charge in [0.1, 0.15) is 5.82 Å². The lowest BCUT2D eigenvalue weighted by Crippen LogP contribution is -2.35. The smallest absolute Gasteiger partial charge is 0.224 e. The lowest BCUT2D eigenvalue weighted by atomic mass is 10.1. The molecule has 94 valence electrons. The van der Waals surface area contributed by atoms with Gasteiger partial charge < -0.3 is 10.2 Å². The second-order valence-electron chi connectivity index (χ2n) is 4.85. The van der Waals surface area contributed by atoms with E-state index in [1.807, 2.05) is 13.2 Å². The fourth-order valence-corrected chi connectivity index (χ4v) is 2.67. The highest BCUT2D eigenvalue weighted by Gasteiger charge is 2.31. The molecule has 2 heterocycles. The van der Waals surface area contributed by atoms with Crippen LogP contribution in [0.2, 0.25) is 0 Å². The van der Waals surface area contributed by atoms with Gasteiger partial charge >= 0.3 is 0 Å². The molecule has 0 radical (unpaired) electrons. The average Bonchev–Trinajstić information content (AvgIpc) is 2.71. The first-order chi connectivity index (χ1) is 8.17. The molecule has 1 aromatic heterocycles. The summed E-state index contributed by atoms with van der Waals surface area (Å²) in [5.41, 5.74) is 1.16. The summed E-state index contributed by atoms with van der Waals surface area (Å²) in [6.45, 7) is 6.63. The number of aryl methyl sites for hydroxylation is 1. The summed E-state index contributed by atoms with van der Waals surface area (Å²) in [6.07, 6.45) is 5.63. The SMILES string of the molecule is CCC1CCC(C)N1c1nc(NC)ncc1C. The van der Waals surface area contributed by atoms with Gasteiger partial charge in [0.2, 0.25) is 5.95 Å². The Kier molecular flexibility index (Phi) is 3.50. The van der Waals surface area contributed by atoms with Crippen molar-refractivity contribution < 1.29 is 0 Å². The van der Waals surface area contributed by atoms with Crippen LogP contribution in [0.25, 0.3) is 0 Å². The number of rotatable bonds is 3. The van der Waals surface area contributed by atoms with Crippen molar-refractivity contribution in [2.45, 2.75) is 52.1 Å². The minimum Gasteiger partial charge on any atom is -0.357 e. The molecule has 4 heteroatoms. The number of hydrogen-bond donors (Lipinski definition) is 1. The highest BCUT2D eigenvalue weighted by Crippen LogP contribution is 2.32. The number of hydrogen-bond acceptors (Lipinski definition) is 4. The molecule has 0 amide bonds. The first kappa shape index (κ1) is 12.1. The lowest BCUT2D eigenvalue weighted by Gasteiger charge is -2.30. The molecular formula is C13H22N4. The van der Waals surface area contributed by atoms with Gasteiger partial charge in [-0.15, -0.1) is 0 Å². The van der Waals surface area contributed by atoms with E-state index in [1.54, 1.807) is 0 Å². The summed E-state index contributed by atoms with van der Waals surface area (Å²) < 4.78 is 0. The number of nitrogens with one attached hydrogen (secondary N) is 1. The van der Waals surface area contributed by atoms with Gasteiger partial charge in [0.05, 0.1) is 0 Å². The van der Waals surface area contributed by atoms with Crippen LogP contribution < -0.4 is 10.2 Å². The van der Waals surface area contributed by atoms with Gasteiger partial charge in [-0.2, -0.15) is 4.98 Å². The Balaban J connectivity index is 2.37. The molecule has 17 heavy (non-hydrogen) atoms. The molecule has 0 bridgehead atoms. The van der Waals surface area contributed by atoms with E-state index in [1.165, 1.54) is 19.3 Å². The van der Waals surface area contributed by atoms with E-state index in [9.17, 15) is 0 Å². The van der Waals surface area contributed by atoms with E-state index >= 15 is 0 Å². The van der Waals surface area contributed by atoms with Gasteiger partial charge in [-0.25, -0.2) is 4.98 Å². The van der Waals surface area contributed by atoms with E-state index in [0.717, 1.165) is 11.4 Å². The Morgan fingerprint density at radius 1 is 1.47 bits per heavy atom. The molecule has 0 aliphatic carbocycles. The first-order valence-electron chi connectivity index (χ1n) is 6.47. The van der Waals surface area contributed by atoms with Crippen LogP contribution in [-0.2, 0) is 0 Å². The maximum Gasteiger partial charge on any atom is 0.224 e. The van der Waals surface area contributed by atoms with Crippen LogP contribution in [0.15, 0.2) is 6.20 Å². The van der Waals surface area contributed by atoms with Gasteiger partial charge in [-0.05, 0) is 33.1 Å². The van der Waals surface area contributed by atoms with Crippen LogP contribution in [0.5, 0.6) is 0 Å². The molecule has 0 spiro atoms. The maximum atomic E-state index is 4.63. The Morgan fingerprint density at radius 3 is 2.88 bits per heavy atom. The predicted octanol–water partition coefficient (Wildman–Crippen LogP) is 2.59.